The minimum Gasteiger partial charge on any atom is -0.376 e. The van der Waals surface area contributed by atoms with E-state index in [9.17, 15) is 9.59 Å². The van der Waals surface area contributed by atoms with Gasteiger partial charge in [0.25, 0.3) is 11.8 Å². The van der Waals surface area contributed by atoms with Crippen LogP contribution in [0.5, 0.6) is 0 Å². The molecule has 2 amide bonds. The van der Waals surface area contributed by atoms with Crippen LogP contribution in [0.2, 0.25) is 5.02 Å². The predicted molar refractivity (Wildman–Crippen MR) is 101 cm³/mol. The molecule has 0 bridgehead atoms. The number of rotatable bonds is 5. The van der Waals surface area contributed by atoms with E-state index in [0.717, 1.165) is 5.56 Å². The minimum absolute atomic E-state index is 0.132. The summed E-state index contributed by atoms with van der Waals surface area (Å²) in [5, 5.41) is 6.61. The largest absolute Gasteiger partial charge is 0.376 e. The molecule has 138 valence electrons. The molecule has 0 aliphatic carbocycles. The van der Waals surface area contributed by atoms with Gasteiger partial charge in [-0.15, -0.1) is 11.3 Å². The van der Waals surface area contributed by atoms with Crippen LogP contribution in [0.4, 0.5) is 5.00 Å². The van der Waals surface area contributed by atoms with Gasteiger partial charge in [0.1, 0.15) is 0 Å². The Kier molecular flexibility index (Phi) is 6.26. The molecule has 0 radical (unpaired) electrons. The van der Waals surface area contributed by atoms with Crippen LogP contribution in [-0.4, -0.2) is 44.3 Å². The lowest BCUT2D eigenvalue weighted by atomic mass is 10.2. The first-order valence-electron chi connectivity index (χ1n) is 8.18. The molecule has 1 fully saturated rings. The Labute approximate surface area is 160 Å². The summed E-state index contributed by atoms with van der Waals surface area (Å²) in [6, 6.07) is 8.59. The lowest BCUT2D eigenvalue weighted by Crippen LogP contribution is -2.39. The maximum absolute atomic E-state index is 12.4. The topological polar surface area (TPSA) is 76.7 Å². The summed E-state index contributed by atoms with van der Waals surface area (Å²) in [6.45, 7) is 3.82. The Morgan fingerprint density at radius 3 is 2.81 bits per heavy atom. The number of amides is 2. The van der Waals surface area contributed by atoms with Gasteiger partial charge < -0.3 is 20.1 Å². The van der Waals surface area contributed by atoms with Crippen molar-refractivity contribution < 1.29 is 19.1 Å². The fraction of sp³-hybridized carbons (Fsp3) is 0.333. The van der Waals surface area contributed by atoms with Crippen molar-refractivity contribution >= 4 is 39.8 Å². The SMILES string of the molecule is Cc1cc(NC(=O)c2ccccc2Cl)sc1C(=O)NC[C@@H]1COCCO1. The monoisotopic (exact) mass is 394 g/mol. The maximum Gasteiger partial charge on any atom is 0.261 e. The number of nitrogens with one attached hydrogen (secondary N) is 2. The number of anilines is 1. The summed E-state index contributed by atoms with van der Waals surface area (Å²) in [5.41, 5.74) is 1.18. The van der Waals surface area contributed by atoms with Gasteiger partial charge >= 0.3 is 0 Å². The van der Waals surface area contributed by atoms with Crippen molar-refractivity contribution in [1.29, 1.82) is 0 Å². The second kappa shape index (κ2) is 8.64. The van der Waals surface area contributed by atoms with Crippen molar-refractivity contribution in [2.45, 2.75) is 13.0 Å². The van der Waals surface area contributed by atoms with Gasteiger partial charge in [0.05, 0.1) is 46.4 Å². The molecule has 1 saturated heterocycles. The molecular weight excluding hydrogens is 376 g/mol. The summed E-state index contributed by atoms with van der Waals surface area (Å²) in [5.74, 6) is -0.503. The average Bonchev–Trinajstić information content (AvgIpc) is 3.01. The first kappa shape index (κ1) is 18.8. The number of carbonyl (C=O) groups excluding carboxylic acids is 2. The van der Waals surface area contributed by atoms with E-state index < -0.39 is 0 Å². The van der Waals surface area contributed by atoms with Crippen LogP contribution >= 0.6 is 22.9 Å². The zero-order valence-corrected chi connectivity index (χ0v) is 15.8. The Bertz CT molecular complexity index is 802. The van der Waals surface area contributed by atoms with Crippen molar-refractivity contribution in [1.82, 2.24) is 5.32 Å². The second-order valence-corrected chi connectivity index (χ2v) is 7.29. The molecule has 1 aliphatic heterocycles. The number of thiophene rings is 1. The highest BCUT2D eigenvalue weighted by molar-refractivity contribution is 7.18. The molecule has 1 atom stereocenters. The first-order valence-corrected chi connectivity index (χ1v) is 9.38. The fourth-order valence-electron chi connectivity index (χ4n) is 2.53. The Morgan fingerprint density at radius 1 is 1.27 bits per heavy atom. The van der Waals surface area contributed by atoms with Gasteiger partial charge in [-0.05, 0) is 30.7 Å². The summed E-state index contributed by atoms with van der Waals surface area (Å²) >= 11 is 7.27. The molecule has 1 aromatic carbocycles. The van der Waals surface area contributed by atoms with Crippen LogP contribution in [-0.2, 0) is 9.47 Å². The van der Waals surface area contributed by atoms with Crippen molar-refractivity contribution in [2.75, 3.05) is 31.7 Å². The van der Waals surface area contributed by atoms with Gasteiger partial charge in [-0.1, -0.05) is 23.7 Å². The van der Waals surface area contributed by atoms with Crippen LogP contribution in [0.1, 0.15) is 25.6 Å². The fourth-order valence-corrected chi connectivity index (χ4v) is 3.74. The molecule has 26 heavy (non-hydrogen) atoms. The van der Waals surface area contributed by atoms with E-state index in [1.807, 2.05) is 6.92 Å². The highest BCUT2D eigenvalue weighted by Gasteiger charge is 2.19. The van der Waals surface area contributed by atoms with Gasteiger partial charge in [0.15, 0.2) is 0 Å². The quantitative estimate of drug-likeness (QED) is 0.816. The Balaban J connectivity index is 1.62. The van der Waals surface area contributed by atoms with E-state index in [1.54, 1.807) is 30.3 Å². The van der Waals surface area contributed by atoms with Crippen molar-refractivity contribution in [3.63, 3.8) is 0 Å². The van der Waals surface area contributed by atoms with E-state index in [1.165, 1.54) is 11.3 Å². The van der Waals surface area contributed by atoms with Crippen molar-refractivity contribution in [3.05, 3.63) is 51.4 Å². The van der Waals surface area contributed by atoms with Crippen LogP contribution in [0.25, 0.3) is 0 Å². The van der Waals surface area contributed by atoms with E-state index in [-0.39, 0.29) is 17.9 Å². The zero-order chi connectivity index (χ0) is 18.5. The Hall–Kier alpha value is -1.93. The molecule has 2 aromatic rings. The van der Waals surface area contributed by atoms with E-state index in [2.05, 4.69) is 10.6 Å². The number of ether oxygens (including phenoxy) is 2. The van der Waals surface area contributed by atoms with Crippen LogP contribution < -0.4 is 10.6 Å². The molecule has 2 N–H and O–H groups in total. The lowest BCUT2D eigenvalue weighted by molar-refractivity contribution is -0.0855. The van der Waals surface area contributed by atoms with E-state index >= 15 is 0 Å². The molecular formula is C18H19ClN2O4S. The highest BCUT2D eigenvalue weighted by Crippen LogP contribution is 2.27. The lowest BCUT2D eigenvalue weighted by Gasteiger charge is -2.22. The van der Waals surface area contributed by atoms with E-state index in [4.69, 9.17) is 21.1 Å². The van der Waals surface area contributed by atoms with E-state index in [0.29, 0.717) is 46.8 Å². The normalized spacial score (nSPS) is 16.9. The van der Waals surface area contributed by atoms with Gasteiger partial charge in [-0.2, -0.15) is 0 Å². The predicted octanol–water partition coefficient (Wildman–Crippen LogP) is 3.11. The van der Waals surface area contributed by atoms with Crippen molar-refractivity contribution in [3.8, 4) is 0 Å². The molecule has 0 unspecified atom stereocenters. The van der Waals surface area contributed by atoms with Gasteiger partial charge in [0.2, 0.25) is 0 Å². The van der Waals surface area contributed by atoms with Crippen molar-refractivity contribution in [2.24, 2.45) is 0 Å². The summed E-state index contributed by atoms with van der Waals surface area (Å²) < 4.78 is 10.8. The van der Waals surface area contributed by atoms with Crippen LogP contribution in [0.3, 0.4) is 0 Å². The van der Waals surface area contributed by atoms with Crippen LogP contribution in [0, 0.1) is 6.92 Å². The van der Waals surface area contributed by atoms with Crippen LogP contribution in [0.15, 0.2) is 30.3 Å². The molecule has 6 nitrogen and oxygen atoms in total. The molecule has 8 heteroatoms. The first-order chi connectivity index (χ1) is 12.5. The highest BCUT2D eigenvalue weighted by atomic mass is 35.5. The smallest absolute Gasteiger partial charge is 0.261 e. The average molecular weight is 395 g/mol. The number of hydrogen-bond acceptors (Lipinski definition) is 5. The maximum atomic E-state index is 12.4. The van der Waals surface area contributed by atoms with Gasteiger partial charge in [-0.3, -0.25) is 9.59 Å². The third kappa shape index (κ3) is 4.62. The molecule has 0 spiro atoms. The number of aryl methyl sites for hydroxylation is 1. The molecule has 2 heterocycles. The van der Waals surface area contributed by atoms with Gasteiger partial charge in [0, 0.05) is 6.54 Å². The second-order valence-electron chi connectivity index (χ2n) is 5.83. The molecule has 1 aliphatic rings. The third-order valence-electron chi connectivity index (χ3n) is 3.85. The summed E-state index contributed by atoms with van der Waals surface area (Å²) in [7, 11) is 0. The zero-order valence-electron chi connectivity index (χ0n) is 14.2. The standard InChI is InChI=1S/C18H19ClN2O4S/c1-11-8-15(21-17(22)13-4-2-3-5-14(13)19)26-16(11)18(23)20-9-12-10-24-6-7-25-12/h2-5,8,12H,6-7,9-10H2,1H3,(H,20,23)(H,21,22)/t12-/m1/s1. The Morgan fingerprint density at radius 2 is 2.08 bits per heavy atom. The number of benzene rings is 1. The third-order valence-corrected chi connectivity index (χ3v) is 5.34. The van der Waals surface area contributed by atoms with Gasteiger partial charge in [-0.25, -0.2) is 0 Å². The number of carbonyl (C=O) groups is 2. The molecule has 1 aromatic heterocycles. The number of halogens is 1. The summed E-state index contributed by atoms with van der Waals surface area (Å²) in [6.07, 6.45) is -0.132. The minimum atomic E-state index is -0.309. The molecule has 0 saturated carbocycles. The molecule has 3 rings (SSSR count). The number of hydrogen-bond donors (Lipinski definition) is 2. The summed E-state index contributed by atoms with van der Waals surface area (Å²) in [4.78, 5) is 25.3.